The number of hydrogen-bond donors (Lipinski definition) is 2. The fourth-order valence-electron chi connectivity index (χ4n) is 1.93. The van der Waals surface area contributed by atoms with Gasteiger partial charge in [-0.15, -0.1) is 0 Å². The van der Waals surface area contributed by atoms with Gasteiger partial charge in [0.15, 0.2) is 0 Å². The Morgan fingerprint density at radius 3 is 3.11 bits per heavy atom. The molecule has 3 rings (SSSR count). The maximum Gasteiger partial charge on any atom is 0.252 e. The molecule has 0 aliphatic rings. The number of rotatable bonds is 2. The first kappa shape index (κ1) is 10.6. The van der Waals surface area contributed by atoms with E-state index in [2.05, 4.69) is 15.3 Å². The van der Waals surface area contributed by atoms with Gasteiger partial charge in [0.1, 0.15) is 5.65 Å². The van der Waals surface area contributed by atoms with Crippen molar-refractivity contribution in [3.63, 3.8) is 0 Å². The molecule has 0 atom stereocenters. The number of pyridine rings is 1. The van der Waals surface area contributed by atoms with Crippen molar-refractivity contribution in [1.29, 1.82) is 0 Å². The minimum atomic E-state index is -0.149. The van der Waals surface area contributed by atoms with Crippen molar-refractivity contribution in [2.45, 2.75) is 0 Å². The molecule has 3 aromatic rings. The summed E-state index contributed by atoms with van der Waals surface area (Å²) in [7, 11) is 1.60. The number of aromatic amines is 1. The SMILES string of the molecule is CNC(=O)c1cnc2[nH]cc(-c3ccoc3)c2c1. The molecule has 0 spiro atoms. The molecule has 3 heterocycles. The fourth-order valence-corrected chi connectivity index (χ4v) is 1.93. The van der Waals surface area contributed by atoms with E-state index in [0.717, 1.165) is 22.2 Å². The van der Waals surface area contributed by atoms with E-state index in [1.807, 2.05) is 18.3 Å². The van der Waals surface area contributed by atoms with E-state index in [1.54, 1.807) is 25.8 Å². The molecular formula is C13H11N3O2. The molecule has 0 saturated heterocycles. The zero-order chi connectivity index (χ0) is 12.5. The van der Waals surface area contributed by atoms with Crippen LogP contribution >= 0.6 is 0 Å². The van der Waals surface area contributed by atoms with Crippen molar-refractivity contribution >= 4 is 16.9 Å². The van der Waals surface area contributed by atoms with Gasteiger partial charge in [-0.05, 0) is 12.1 Å². The lowest BCUT2D eigenvalue weighted by atomic mass is 10.1. The smallest absolute Gasteiger partial charge is 0.252 e. The maximum atomic E-state index is 11.6. The van der Waals surface area contributed by atoms with Gasteiger partial charge in [0.2, 0.25) is 0 Å². The quantitative estimate of drug-likeness (QED) is 0.722. The van der Waals surface area contributed by atoms with Crippen LogP contribution in [0.1, 0.15) is 10.4 Å². The second-order valence-corrected chi connectivity index (χ2v) is 3.91. The monoisotopic (exact) mass is 241 g/mol. The van der Waals surface area contributed by atoms with Crippen LogP contribution in [-0.2, 0) is 0 Å². The third-order valence-corrected chi connectivity index (χ3v) is 2.85. The van der Waals surface area contributed by atoms with Gasteiger partial charge in [-0.2, -0.15) is 0 Å². The molecule has 18 heavy (non-hydrogen) atoms. The zero-order valence-electron chi connectivity index (χ0n) is 9.73. The highest BCUT2D eigenvalue weighted by atomic mass is 16.3. The molecular weight excluding hydrogens is 230 g/mol. The average molecular weight is 241 g/mol. The third-order valence-electron chi connectivity index (χ3n) is 2.85. The molecule has 2 N–H and O–H groups in total. The number of nitrogens with one attached hydrogen (secondary N) is 2. The second kappa shape index (κ2) is 4.03. The van der Waals surface area contributed by atoms with E-state index in [0.29, 0.717) is 5.56 Å². The molecule has 0 aromatic carbocycles. The number of H-pyrrole nitrogens is 1. The summed E-state index contributed by atoms with van der Waals surface area (Å²) in [5.74, 6) is -0.149. The molecule has 0 radical (unpaired) electrons. The summed E-state index contributed by atoms with van der Waals surface area (Å²) in [4.78, 5) is 18.9. The van der Waals surface area contributed by atoms with Gasteiger partial charge < -0.3 is 14.7 Å². The van der Waals surface area contributed by atoms with Crippen molar-refractivity contribution < 1.29 is 9.21 Å². The average Bonchev–Trinajstić information content (AvgIpc) is 3.05. The van der Waals surface area contributed by atoms with Crippen molar-refractivity contribution in [1.82, 2.24) is 15.3 Å². The third kappa shape index (κ3) is 1.57. The number of hydrogen-bond acceptors (Lipinski definition) is 3. The van der Waals surface area contributed by atoms with Gasteiger partial charge in [-0.3, -0.25) is 4.79 Å². The molecule has 0 unspecified atom stereocenters. The van der Waals surface area contributed by atoms with Crippen LogP contribution in [0.4, 0.5) is 0 Å². The van der Waals surface area contributed by atoms with Crippen LogP contribution in [-0.4, -0.2) is 22.9 Å². The van der Waals surface area contributed by atoms with E-state index < -0.39 is 0 Å². The summed E-state index contributed by atoms with van der Waals surface area (Å²) in [5, 5.41) is 3.49. The van der Waals surface area contributed by atoms with E-state index >= 15 is 0 Å². The zero-order valence-corrected chi connectivity index (χ0v) is 9.73. The first-order chi connectivity index (χ1) is 8.79. The van der Waals surface area contributed by atoms with Crippen molar-refractivity contribution in [3.05, 3.63) is 42.6 Å². The van der Waals surface area contributed by atoms with Crippen LogP contribution in [0.15, 0.2) is 41.5 Å². The summed E-state index contributed by atoms with van der Waals surface area (Å²) in [6, 6.07) is 3.69. The van der Waals surface area contributed by atoms with Crippen molar-refractivity contribution in [3.8, 4) is 11.1 Å². The van der Waals surface area contributed by atoms with Gasteiger partial charge in [-0.1, -0.05) is 0 Å². The fraction of sp³-hybridized carbons (Fsp3) is 0.0769. The Balaban J connectivity index is 2.19. The molecule has 1 amide bonds. The standard InChI is InChI=1S/C13H11N3O2/c1-14-13(17)9-4-10-11(8-2-3-18-7-8)6-16-12(10)15-5-9/h2-7H,1H3,(H,14,17)(H,15,16). The topological polar surface area (TPSA) is 70.9 Å². The highest BCUT2D eigenvalue weighted by Crippen LogP contribution is 2.28. The number of carbonyl (C=O) groups excluding carboxylic acids is 1. The maximum absolute atomic E-state index is 11.6. The Bertz CT molecular complexity index is 698. The molecule has 90 valence electrons. The lowest BCUT2D eigenvalue weighted by Crippen LogP contribution is -2.17. The molecule has 0 aliphatic heterocycles. The Hall–Kier alpha value is -2.56. The number of fused-ring (bicyclic) bond motifs is 1. The first-order valence-corrected chi connectivity index (χ1v) is 5.51. The van der Waals surface area contributed by atoms with Crippen LogP contribution in [0, 0.1) is 0 Å². The van der Waals surface area contributed by atoms with Crippen LogP contribution in [0.5, 0.6) is 0 Å². The summed E-state index contributed by atoms with van der Waals surface area (Å²) >= 11 is 0. The van der Waals surface area contributed by atoms with Gasteiger partial charge >= 0.3 is 0 Å². The van der Waals surface area contributed by atoms with Crippen LogP contribution in [0.2, 0.25) is 0 Å². The lowest BCUT2D eigenvalue weighted by Gasteiger charge is -2.00. The summed E-state index contributed by atoms with van der Waals surface area (Å²) < 4.78 is 5.07. The second-order valence-electron chi connectivity index (χ2n) is 3.91. The van der Waals surface area contributed by atoms with E-state index in [9.17, 15) is 4.79 Å². The summed E-state index contributed by atoms with van der Waals surface area (Å²) in [5.41, 5.74) is 3.21. The normalized spacial score (nSPS) is 10.7. The first-order valence-electron chi connectivity index (χ1n) is 5.51. The predicted octanol–water partition coefficient (Wildman–Crippen LogP) is 2.18. The summed E-state index contributed by atoms with van der Waals surface area (Å²) in [6.07, 6.45) is 6.69. The van der Waals surface area contributed by atoms with Crippen LogP contribution in [0.3, 0.4) is 0 Å². The van der Waals surface area contributed by atoms with Crippen LogP contribution in [0.25, 0.3) is 22.2 Å². The molecule has 0 fully saturated rings. The highest BCUT2D eigenvalue weighted by Gasteiger charge is 2.11. The van der Waals surface area contributed by atoms with E-state index in [-0.39, 0.29) is 5.91 Å². The van der Waals surface area contributed by atoms with Gasteiger partial charge in [-0.25, -0.2) is 4.98 Å². The Morgan fingerprint density at radius 2 is 2.39 bits per heavy atom. The van der Waals surface area contributed by atoms with E-state index in [4.69, 9.17) is 4.42 Å². The molecule has 0 aliphatic carbocycles. The molecule has 0 bridgehead atoms. The largest absolute Gasteiger partial charge is 0.472 e. The number of aromatic nitrogens is 2. The highest BCUT2D eigenvalue weighted by molar-refractivity contribution is 6.00. The summed E-state index contributed by atoms with van der Waals surface area (Å²) in [6.45, 7) is 0. The lowest BCUT2D eigenvalue weighted by molar-refractivity contribution is 0.0963. The van der Waals surface area contributed by atoms with Crippen LogP contribution < -0.4 is 5.32 Å². The minimum absolute atomic E-state index is 0.149. The van der Waals surface area contributed by atoms with Crippen molar-refractivity contribution in [2.75, 3.05) is 7.05 Å². The molecule has 0 saturated carbocycles. The number of amides is 1. The Morgan fingerprint density at radius 1 is 1.50 bits per heavy atom. The van der Waals surface area contributed by atoms with E-state index in [1.165, 1.54) is 0 Å². The number of nitrogens with zero attached hydrogens (tertiary/aromatic N) is 1. The van der Waals surface area contributed by atoms with Crippen molar-refractivity contribution in [2.24, 2.45) is 0 Å². The minimum Gasteiger partial charge on any atom is -0.472 e. The Labute approximate surface area is 103 Å². The molecule has 3 aromatic heterocycles. The molecule has 5 nitrogen and oxygen atoms in total. The van der Waals surface area contributed by atoms with Gasteiger partial charge in [0, 0.05) is 36.0 Å². The predicted molar refractivity (Wildman–Crippen MR) is 67.2 cm³/mol. The molecule has 5 heteroatoms. The Kier molecular flexibility index (Phi) is 2.37. The van der Waals surface area contributed by atoms with Gasteiger partial charge in [0.05, 0.1) is 18.1 Å². The number of carbonyl (C=O) groups is 1. The van der Waals surface area contributed by atoms with Gasteiger partial charge in [0.25, 0.3) is 5.91 Å². The number of furan rings is 1.